The predicted octanol–water partition coefficient (Wildman–Crippen LogP) is 2.91. The lowest BCUT2D eigenvalue weighted by Crippen LogP contribution is -2.16. The van der Waals surface area contributed by atoms with Crippen molar-refractivity contribution in [3.05, 3.63) is 0 Å². The van der Waals surface area contributed by atoms with Crippen molar-refractivity contribution in [1.82, 2.24) is 4.90 Å². The zero-order valence-corrected chi connectivity index (χ0v) is 9.22. The molecule has 0 radical (unpaired) electrons. The summed E-state index contributed by atoms with van der Waals surface area (Å²) in [4.78, 5) is 2.64. The van der Waals surface area contributed by atoms with Gasteiger partial charge in [0.25, 0.3) is 0 Å². The molecule has 1 aliphatic rings. The molecule has 12 heavy (non-hydrogen) atoms. The molecule has 1 heteroatoms. The third kappa shape index (κ3) is 1.66. The van der Waals surface area contributed by atoms with Crippen LogP contribution in [0.5, 0.6) is 0 Å². The van der Waals surface area contributed by atoms with Gasteiger partial charge in [-0.1, -0.05) is 27.2 Å². The lowest BCUT2D eigenvalue weighted by atomic mass is 10.1. The van der Waals surface area contributed by atoms with Crippen molar-refractivity contribution in [3.63, 3.8) is 0 Å². The van der Waals surface area contributed by atoms with E-state index in [0.717, 1.165) is 12.0 Å². The van der Waals surface area contributed by atoms with Crippen LogP contribution < -0.4 is 0 Å². The van der Waals surface area contributed by atoms with Crippen LogP contribution in [0.15, 0.2) is 0 Å². The summed E-state index contributed by atoms with van der Waals surface area (Å²) in [5, 5.41) is 0. The molecule has 1 nitrogen and oxygen atoms in total. The van der Waals surface area contributed by atoms with E-state index in [1.54, 1.807) is 0 Å². The van der Waals surface area contributed by atoms with E-state index in [1.165, 1.54) is 19.4 Å². The molecule has 72 valence electrons. The maximum atomic E-state index is 2.64. The molecule has 0 saturated carbocycles. The Bertz CT molecular complexity index is 151. The first-order valence-corrected chi connectivity index (χ1v) is 5.30. The minimum absolute atomic E-state index is 0.498. The van der Waals surface area contributed by atoms with Crippen molar-refractivity contribution >= 4 is 0 Å². The summed E-state index contributed by atoms with van der Waals surface area (Å²) in [5.74, 6) is 0.862. The van der Waals surface area contributed by atoms with E-state index in [1.807, 2.05) is 0 Å². The maximum Gasteiger partial charge on any atom is 0.0312 e. The second-order valence-corrected chi connectivity index (χ2v) is 4.74. The molecule has 3 atom stereocenters. The van der Waals surface area contributed by atoms with Crippen LogP contribution in [-0.2, 0) is 0 Å². The van der Waals surface area contributed by atoms with Gasteiger partial charge in [0.2, 0.25) is 0 Å². The molecule has 1 saturated heterocycles. The van der Waals surface area contributed by atoms with Crippen LogP contribution in [0, 0.1) is 5.92 Å². The average Bonchev–Trinajstić information content (AvgIpc) is 2.53. The lowest BCUT2D eigenvalue weighted by Gasteiger charge is -2.11. The van der Waals surface area contributed by atoms with Gasteiger partial charge in [-0.05, 0) is 26.2 Å². The summed E-state index contributed by atoms with van der Waals surface area (Å²) < 4.78 is 0. The number of rotatable bonds is 4. The van der Waals surface area contributed by atoms with Gasteiger partial charge in [0.05, 0.1) is 0 Å². The van der Waals surface area contributed by atoms with Gasteiger partial charge in [0.15, 0.2) is 0 Å². The Labute approximate surface area is 77.1 Å². The Morgan fingerprint density at radius 1 is 1.33 bits per heavy atom. The molecule has 0 spiro atoms. The molecule has 3 unspecified atom stereocenters. The van der Waals surface area contributed by atoms with Crippen molar-refractivity contribution < 1.29 is 0 Å². The van der Waals surface area contributed by atoms with Crippen LogP contribution in [0.2, 0.25) is 0 Å². The van der Waals surface area contributed by atoms with Gasteiger partial charge in [0, 0.05) is 18.1 Å². The summed E-state index contributed by atoms with van der Waals surface area (Å²) in [5.41, 5.74) is 0.498. The summed E-state index contributed by atoms with van der Waals surface area (Å²) >= 11 is 0. The largest absolute Gasteiger partial charge is 0.292 e. The van der Waals surface area contributed by atoms with Crippen LogP contribution in [0.3, 0.4) is 0 Å². The number of hydrogen-bond acceptors (Lipinski definition) is 1. The lowest BCUT2D eigenvalue weighted by molar-refractivity contribution is 0.355. The third-order valence-electron chi connectivity index (χ3n) is 3.46. The minimum atomic E-state index is 0.498. The van der Waals surface area contributed by atoms with Crippen LogP contribution in [-0.4, -0.2) is 23.0 Å². The van der Waals surface area contributed by atoms with E-state index in [-0.39, 0.29) is 0 Å². The topological polar surface area (TPSA) is 3.01 Å². The van der Waals surface area contributed by atoms with Gasteiger partial charge >= 0.3 is 0 Å². The molecule has 1 heterocycles. The Hall–Kier alpha value is -0.0400. The first kappa shape index (κ1) is 10.0. The van der Waals surface area contributed by atoms with Crippen LogP contribution in [0.25, 0.3) is 0 Å². The molecule has 0 aliphatic carbocycles. The fourth-order valence-electron chi connectivity index (χ4n) is 2.20. The molecule has 0 N–H and O–H groups in total. The van der Waals surface area contributed by atoms with Crippen LogP contribution in [0.4, 0.5) is 0 Å². The highest BCUT2D eigenvalue weighted by molar-refractivity contribution is 5.10. The Morgan fingerprint density at radius 3 is 2.25 bits per heavy atom. The Balaban J connectivity index is 2.37. The summed E-state index contributed by atoms with van der Waals surface area (Å²) in [6, 6.07) is 0.853. The highest BCUT2D eigenvalue weighted by atomic mass is 15.4. The normalized spacial score (nSPS) is 34.8. The first-order chi connectivity index (χ1) is 5.54. The summed E-state index contributed by atoms with van der Waals surface area (Å²) in [7, 11) is 0. The monoisotopic (exact) mass is 169 g/mol. The van der Waals surface area contributed by atoms with Gasteiger partial charge in [-0.15, -0.1) is 0 Å². The molecular weight excluding hydrogens is 146 g/mol. The molecule has 0 aromatic rings. The molecule has 1 rings (SSSR count). The van der Waals surface area contributed by atoms with E-state index in [9.17, 15) is 0 Å². The van der Waals surface area contributed by atoms with Gasteiger partial charge < -0.3 is 0 Å². The summed E-state index contributed by atoms with van der Waals surface area (Å²) in [6.07, 6.45) is 2.62. The second kappa shape index (κ2) is 3.37. The highest BCUT2D eigenvalue weighted by Crippen LogP contribution is 2.42. The van der Waals surface area contributed by atoms with E-state index in [4.69, 9.17) is 0 Å². The van der Waals surface area contributed by atoms with E-state index in [2.05, 4.69) is 39.5 Å². The van der Waals surface area contributed by atoms with Crippen molar-refractivity contribution in [1.29, 1.82) is 0 Å². The van der Waals surface area contributed by atoms with Crippen LogP contribution in [0.1, 0.15) is 47.5 Å². The van der Waals surface area contributed by atoms with Gasteiger partial charge in [-0.25, -0.2) is 0 Å². The molecule has 0 amide bonds. The van der Waals surface area contributed by atoms with Crippen molar-refractivity contribution in [3.8, 4) is 0 Å². The van der Waals surface area contributed by atoms with Crippen LogP contribution >= 0.6 is 0 Å². The first-order valence-electron chi connectivity index (χ1n) is 5.30. The van der Waals surface area contributed by atoms with Gasteiger partial charge in [0.1, 0.15) is 0 Å². The molecule has 0 bridgehead atoms. The SMILES string of the molecule is CCC(C)CN1C(CC)C1(C)C. The smallest absolute Gasteiger partial charge is 0.0312 e. The number of hydrogen-bond donors (Lipinski definition) is 0. The minimum Gasteiger partial charge on any atom is -0.292 e. The fourth-order valence-corrected chi connectivity index (χ4v) is 2.20. The molecule has 1 fully saturated rings. The molecule has 1 aliphatic heterocycles. The van der Waals surface area contributed by atoms with E-state index < -0.39 is 0 Å². The maximum absolute atomic E-state index is 2.64. The Morgan fingerprint density at radius 2 is 1.92 bits per heavy atom. The van der Waals surface area contributed by atoms with Gasteiger partial charge in [-0.3, -0.25) is 4.90 Å². The molecule has 0 aromatic carbocycles. The van der Waals surface area contributed by atoms with Crippen molar-refractivity contribution in [2.45, 2.75) is 59.0 Å². The van der Waals surface area contributed by atoms with E-state index in [0.29, 0.717) is 5.54 Å². The zero-order valence-electron chi connectivity index (χ0n) is 9.22. The average molecular weight is 169 g/mol. The molecular formula is C11H23N. The quantitative estimate of drug-likeness (QED) is 0.585. The Kier molecular flexibility index (Phi) is 2.82. The summed E-state index contributed by atoms with van der Waals surface area (Å²) in [6.45, 7) is 12.9. The van der Waals surface area contributed by atoms with Gasteiger partial charge in [-0.2, -0.15) is 0 Å². The van der Waals surface area contributed by atoms with Crippen molar-refractivity contribution in [2.75, 3.05) is 6.54 Å². The zero-order chi connectivity index (χ0) is 9.35. The fraction of sp³-hybridized carbons (Fsp3) is 1.00. The number of nitrogens with zero attached hydrogens (tertiary/aromatic N) is 1. The van der Waals surface area contributed by atoms with E-state index >= 15 is 0 Å². The highest BCUT2D eigenvalue weighted by Gasteiger charge is 2.53. The predicted molar refractivity (Wildman–Crippen MR) is 54.3 cm³/mol. The second-order valence-electron chi connectivity index (χ2n) is 4.74. The van der Waals surface area contributed by atoms with Crippen molar-refractivity contribution in [2.24, 2.45) is 5.92 Å². The molecule has 0 aromatic heterocycles. The standard InChI is InChI=1S/C11H23N/c1-6-9(3)8-12-10(7-2)11(12,4)5/h9-10H,6-8H2,1-5H3. The third-order valence-corrected chi connectivity index (χ3v) is 3.46.